The molecule has 6 rings (SSSR count). The Morgan fingerprint density at radius 3 is 1.88 bits per heavy atom. The molecular formula is C30H28F3N3O7. The average molecular weight is 600 g/mol. The molecule has 1 saturated heterocycles. The van der Waals surface area contributed by atoms with E-state index in [1.165, 1.54) is 48.7 Å². The fraction of sp³-hybridized carbons (Fsp3) is 0.267. The lowest BCUT2D eigenvalue weighted by atomic mass is 10.0. The first-order chi connectivity index (χ1) is 20.7. The molecule has 0 aliphatic carbocycles. The van der Waals surface area contributed by atoms with E-state index in [0.717, 1.165) is 12.8 Å². The van der Waals surface area contributed by atoms with Crippen molar-refractivity contribution in [2.24, 2.45) is 0 Å². The van der Waals surface area contributed by atoms with E-state index in [2.05, 4.69) is 0 Å². The number of benzene rings is 3. The molecule has 0 spiro atoms. The quantitative estimate of drug-likeness (QED) is 0.139. The SMILES string of the molecule is Nc1cccc(F)c1C1CCCO1.O=[N+]([O-])c1cccc(F)c1C1C=CCO1.O=[N+]([O-])c1cccc(F)c1C1CC=CO1. The number of nitrogen functional groups attached to an aromatic ring is 1. The zero-order valence-corrected chi connectivity index (χ0v) is 22.7. The average Bonchev–Trinajstić information content (AvgIpc) is 3.78. The predicted octanol–water partition coefficient (Wildman–Crippen LogP) is 7.33. The van der Waals surface area contributed by atoms with Crippen molar-refractivity contribution in [3.8, 4) is 0 Å². The molecule has 10 nitrogen and oxygen atoms in total. The van der Waals surface area contributed by atoms with E-state index in [9.17, 15) is 33.4 Å². The first kappa shape index (κ1) is 31.2. The standard InChI is InChI=1S/2C10H8FNO3.C10H12FNO/c2*11-7-3-1-4-8(12(13)14)10(7)9-5-2-6-15-9;11-7-3-1-4-8(12)10(7)9-5-2-6-13-9/h1-4,6,9H,5H2;1-5,9H,6H2;1,3-4,9H,2,5-6,12H2. The van der Waals surface area contributed by atoms with E-state index in [1.54, 1.807) is 30.4 Å². The molecule has 3 aliphatic rings. The maximum Gasteiger partial charge on any atom is 0.279 e. The van der Waals surface area contributed by atoms with Crippen molar-refractivity contribution in [3.63, 3.8) is 0 Å². The zero-order chi connectivity index (χ0) is 30.9. The molecule has 0 radical (unpaired) electrons. The molecular weight excluding hydrogens is 571 g/mol. The number of rotatable bonds is 5. The summed E-state index contributed by atoms with van der Waals surface area (Å²) in [5, 5.41) is 21.4. The zero-order valence-electron chi connectivity index (χ0n) is 22.7. The van der Waals surface area contributed by atoms with Crippen molar-refractivity contribution in [3.05, 3.63) is 133 Å². The molecule has 3 heterocycles. The number of nitrogens with two attached hydrogens (primary N) is 1. The molecule has 3 aliphatic heterocycles. The Bertz CT molecular complexity index is 1500. The number of hydrogen-bond donors (Lipinski definition) is 1. The third-order valence-electron chi connectivity index (χ3n) is 6.77. The maximum absolute atomic E-state index is 13.5. The molecule has 0 aromatic heterocycles. The number of nitro groups is 2. The summed E-state index contributed by atoms with van der Waals surface area (Å²) in [4.78, 5) is 20.2. The highest BCUT2D eigenvalue weighted by molar-refractivity contribution is 5.49. The molecule has 2 N–H and O–H groups in total. The van der Waals surface area contributed by atoms with Crippen LogP contribution >= 0.6 is 0 Å². The van der Waals surface area contributed by atoms with Crippen LogP contribution in [-0.4, -0.2) is 23.1 Å². The van der Waals surface area contributed by atoms with Crippen LogP contribution < -0.4 is 5.73 Å². The van der Waals surface area contributed by atoms with Crippen molar-refractivity contribution < 1.29 is 37.2 Å². The monoisotopic (exact) mass is 599 g/mol. The van der Waals surface area contributed by atoms with E-state index in [0.29, 0.717) is 30.9 Å². The van der Waals surface area contributed by atoms with Gasteiger partial charge in [-0.1, -0.05) is 30.4 Å². The van der Waals surface area contributed by atoms with Crippen molar-refractivity contribution in [1.29, 1.82) is 0 Å². The number of nitro benzene ring substituents is 2. The minimum absolute atomic E-state index is 0.00347. The fourth-order valence-corrected chi connectivity index (χ4v) is 4.81. The number of halogens is 3. The van der Waals surface area contributed by atoms with Gasteiger partial charge in [0, 0.05) is 36.4 Å². The molecule has 0 bridgehead atoms. The van der Waals surface area contributed by atoms with Crippen LogP contribution in [0, 0.1) is 37.7 Å². The molecule has 1 fully saturated rings. The molecule has 0 saturated carbocycles. The van der Waals surface area contributed by atoms with Crippen LogP contribution in [0.4, 0.5) is 30.2 Å². The third-order valence-corrected chi connectivity index (χ3v) is 6.77. The van der Waals surface area contributed by atoms with Gasteiger partial charge in [0.05, 0.1) is 34.4 Å². The first-order valence-electron chi connectivity index (χ1n) is 13.3. The Morgan fingerprint density at radius 2 is 1.37 bits per heavy atom. The lowest BCUT2D eigenvalue weighted by Gasteiger charge is -2.12. The summed E-state index contributed by atoms with van der Waals surface area (Å²) < 4.78 is 55.9. The van der Waals surface area contributed by atoms with Crippen molar-refractivity contribution in [2.45, 2.75) is 37.6 Å². The highest BCUT2D eigenvalue weighted by atomic mass is 19.1. The van der Waals surface area contributed by atoms with Gasteiger partial charge in [-0.25, -0.2) is 13.2 Å². The van der Waals surface area contributed by atoms with Gasteiger partial charge < -0.3 is 19.9 Å². The van der Waals surface area contributed by atoms with Crippen LogP contribution in [0.2, 0.25) is 0 Å². The van der Waals surface area contributed by atoms with Crippen LogP contribution in [0.3, 0.4) is 0 Å². The maximum atomic E-state index is 13.5. The van der Waals surface area contributed by atoms with E-state index in [1.807, 2.05) is 0 Å². The van der Waals surface area contributed by atoms with Gasteiger partial charge >= 0.3 is 0 Å². The Hall–Kier alpha value is -4.75. The van der Waals surface area contributed by atoms with Gasteiger partial charge in [0.2, 0.25) is 0 Å². The lowest BCUT2D eigenvalue weighted by molar-refractivity contribution is -0.386. The van der Waals surface area contributed by atoms with E-state index >= 15 is 0 Å². The van der Waals surface area contributed by atoms with Gasteiger partial charge in [-0.2, -0.15) is 0 Å². The Morgan fingerprint density at radius 1 is 0.767 bits per heavy atom. The summed E-state index contributed by atoms with van der Waals surface area (Å²) >= 11 is 0. The van der Waals surface area contributed by atoms with E-state index in [4.69, 9.17) is 19.9 Å². The summed E-state index contributed by atoms with van der Waals surface area (Å²) in [5.74, 6) is -1.47. The summed E-state index contributed by atoms with van der Waals surface area (Å²) in [6.45, 7) is 1.06. The van der Waals surface area contributed by atoms with Crippen LogP contribution in [0.15, 0.2) is 79.1 Å². The molecule has 43 heavy (non-hydrogen) atoms. The van der Waals surface area contributed by atoms with Gasteiger partial charge in [0.1, 0.15) is 35.2 Å². The molecule has 3 aromatic carbocycles. The molecule has 226 valence electrons. The van der Waals surface area contributed by atoms with Crippen molar-refractivity contribution in [1.82, 2.24) is 0 Å². The number of nitrogens with zero attached hydrogens (tertiary/aromatic N) is 2. The summed E-state index contributed by atoms with van der Waals surface area (Å²) in [6.07, 6.45) is 7.42. The van der Waals surface area contributed by atoms with Crippen molar-refractivity contribution in [2.75, 3.05) is 18.9 Å². The highest BCUT2D eigenvalue weighted by Crippen LogP contribution is 2.36. The molecule has 3 atom stereocenters. The normalized spacial score (nSPS) is 20.0. The predicted molar refractivity (Wildman–Crippen MR) is 150 cm³/mol. The van der Waals surface area contributed by atoms with E-state index < -0.39 is 33.7 Å². The smallest absolute Gasteiger partial charge is 0.279 e. The third kappa shape index (κ3) is 7.56. The van der Waals surface area contributed by atoms with E-state index in [-0.39, 0.29) is 34.4 Å². The van der Waals surface area contributed by atoms with Crippen LogP contribution in [0.1, 0.15) is 54.3 Å². The first-order valence-corrected chi connectivity index (χ1v) is 13.3. The van der Waals surface area contributed by atoms with Crippen molar-refractivity contribution >= 4 is 17.1 Å². The van der Waals surface area contributed by atoms with Crippen LogP contribution in [0.25, 0.3) is 0 Å². The van der Waals surface area contributed by atoms with Gasteiger partial charge in [-0.15, -0.1) is 0 Å². The summed E-state index contributed by atoms with van der Waals surface area (Å²) in [7, 11) is 0. The van der Waals surface area contributed by atoms with Gasteiger partial charge in [0.25, 0.3) is 11.4 Å². The van der Waals surface area contributed by atoms with Gasteiger partial charge in [-0.3, -0.25) is 20.2 Å². The minimum atomic E-state index is -0.647. The minimum Gasteiger partial charge on any atom is -0.493 e. The number of ether oxygens (including phenoxy) is 3. The lowest BCUT2D eigenvalue weighted by Crippen LogP contribution is -2.04. The fourth-order valence-electron chi connectivity index (χ4n) is 4.81. The summed E-state index contributed by atoms with van der Waals surface area (Å²) in [6, 6.07) is 12.3. The largest absolute Gasteiger partial charge is 0.493 e. The second-order valence-corrected chi connectivity index (χ2v) is 9.52. The van der Waals surface area contributed by atoms with Crippen LogP contribution in [0.5, 0.6) is 0 Å². The Labute approximate surface area is 244 Å². The second-order valence-electron chi connectivity index (χ2n) is 9.52. The Balaban J connectivity index is 0.000000148. The second kappa shape index (κ2) is 14.4. The summed E-state index contributed by atoms with van der Waals surface area (Å²) in [5.41, 5.74) is 6.24. The van der Waals surface area contributed by atoms with Crippen LogP contribution in [-0.2, 0) is 14.2 Å². The number of anilines is 1. The molecule has 3 aromatic rings. The molecule has 3 unspecified atom stereocenters. The number of hydrogen-bond acceptors (Lipinski definition) is 8. The Kier molecular flexibility index (Phi) is 10.5. The van der Waals surface area contributed by atoms with Gasteiger partial charge in [-0.05, 0) is 43.2 Å². The highest BCUT2D eigenvalue weighted by Gasteiger charge is 2.28. The topological polar surface area (TPSA) is 140 Å². The molecule has 0 amide bonds. The molecule has 13 heteroatoms. The van der Waals surface area contributed by atoms with Gasteiger partial charge in [0.15, 0.2) is 0 Å².